The monoisotopic (exact) mass is 451 g/mol. The molecule has 0 amide bonds. The maximum absolute atomic E-state index is 13.7. The van der Waals surface area contributed by atoms with Gasteiger partial charge in [-0.05, 0) is 25.0 Å². The number of nitrogens with one attached hydrogen (secondary N) is 1. The molecule has 0 aliphatic carbocycles. The van der Waals surface area contributed by atoms with Gasteiger partial charge in [0.25, 0.3) is 11.5 Å². The van der Waals surface area contributed by atoms with Crippen molar-refractivity contribution in [3.8, 4) is 11.4 Å². The predicted molar refractivity (Wildman–Crippen MR) is 120 cm³/mol. The summed E-state index contributed by atoms with van der Waals surface area (Å²) in [5.74, 6) is -1.83. The van der Waals surface area contributed by atoms with Gasteiger partial charge < -0.3 is 4.98 Å². The number of halogens is 2. The van der Waals surface area contributed by atoms with E-state index in [0.717, 1.165) is 19.0 Å². The number of benzene rings is 1. The van der Waals surface area contributed by atoms with E-state index in [4.69, 9.17) is 0 Å². The minimum absolute atomic E-state index is 0.0345. The zero-order chi connectivity index (χ0) is 23.3. The van der Waals surface area contributed by atoms with Crippen molar-refractivity contribution < 1.29 is 8.78 Å². The average molecular weight is 451 g/mol. The summed E-state index contributed by atoms with van der Waals surface area (Å²) < 4.78 is 32.5. The van der Waals surface area contributed by atoms with Crippen LogP contribution in [0.4, 0.5) is 8.78 Å². The summed E-state index contributed by atoms with van der Waals surface area (Å²) in [6.45, 7) is 5.69. The van der Waals surface area contributed by atoms with E-state index >= 15 is 0 Å². The van der Waals surface area contributed by atoms with Crippen molar-refractivity contribution in [2.24, 2.45) is 0 Å². The number of H-pyrrole nitrogens is 1. The van der Waals surface area contributed by atoms with Crippen LogP contribution < -0.4 is 5.56 Å². The van der Waals surface area contributed by atoms with Crippen molar-refractivity contribution in [1.29, 1.82) is 0 Å². The Hall–Kier alpha value is -3.82. The van der Waals surface area contributed by atoms with Crippen molar-refractivity contribution in [2.45, 2.75) is 46.2 Å². The van der Waals surface area contributed by atoms with Crippen LogP contribution in [0.15, 0.2) is 47.7 Å². The normalized spacial score (nSPS) is 12.3. The minimum Gasteiger partial charge on any atom is -0.332 e. The number of rotatable bonds is 6. The molecule has 33 heavy (non-hydrogen) atoms. The molecule has 0 aliphatic heterocycles. The third-order valence-electron chi connectivity index (χ3n) is 5.65. The summed E-state index contributed by atoms with van der Waals surface area (Å²) in [4.78, 5) is 25.3. The third-order valence-corrected chi connectivity index (χ3v) is 5.65. The van der Waals surface area contributed by atoms with Gasteiger partial charge in [0.2, 0.25) is 5.78 Å². The van der Waals surface area contributed by atoms with Crippen LogP contribution in [0.1, 0.15) is 37.1 Å². The van der Waals surface area contributed by atoms with Crippen molar-refractivity contribution >= 4 is 16.9 Å². The minimum atomic E-state index is -2.90. The number of aromatic nitrogens is 7. The fraction of sp³-hybridized carbons (Fsp3) is 0.304. The molecule has 0 radical (unpaired) electrons. The van der Waals surface area contributed by atoms with Gasteiger partial charge in [0.05, 0.1) is 24.5 Å². The molecular weight excluding hydrogens is 428 g/mol. The van der Waals surface area contributed by atoms with Gasteiger partial charge in [0, 0.05) is 30.9 Å². The molecule has 4 aromatic heterocycles. The van der Waals surface area contributed by atoms with E-state index < -0.39 is 5.92 Å². The highest BCUT2D eigenvalue weighted by Crippen LogP contribution is 2.27. The molecule has 0 saturated carbocycles. The summed E-state index contributed by atoms with van der Waals surface area (Å²) >= 11 is 0. The lowest BCUT2D eigenvalue weighted by Gasteiger charge is -2.12. The average Bonchev–Trinajstić information content (AvgIpc) is 3.49. The van der Waals surface area contributed by atoms with E-state index in [0.29, 0.717) is 47.0 Å². The lowest BCUT2D eigenvalue weighted by atomic mass is 10.1. The standard InChI is InChI=1S/C23H23F2N7O/c1-4-8-31-21(33)18-20(32-14(2)10-26-22(31)32)29-19(28-18)16-11-27-30(13-16)12-15-6-5-7-17(9-15)23(3,24)25/h5-7,9-11,13H,4,8,12H2,1-3H3,(H,28,29). The van der Waals surface area contributed by atoms with Gasteiger partial charge in [-0.3, -0.25) is 18.4 Å². The van der Waals surface area contributed by atoms with Crippen LogP contribution >= 0.6 is 0 Å². The Morgan fingerprint density at radius 1 is 1.21 bits per heavy atom. The SMILES string of the molecule is CCCn1c(=O)c2[nH]c(-c3cnn(Cc4cccc(C(C)(F)F)c4)c3)nc2n2c(C)cnc12. The number of aryl methyl sites for hydroxylation is 2. The number of aromatic amines is 1. The summed E-state index contributed by atoms with van der Waals surface area (Å²) in [5, 5.41) is 4.36. The Bertz CT molecular complexity index is 1530. The van der Waals surface area contributed by atoms with Crippen LogP contribution in [-0.4, -0.2) is 33.7 Å². The first-order valence-corrected chi connectivity index (χ1v) is 10.7. The van der Waals surface area contributed by atoms with Gasteiger partial charge in [-0.2, -0.15) is 5.10 Å². The molecule has 0 unspecified atom stereocenters. The molecule has 0 saturated heterocycles. The van der Waals surface area contributed by atoms with E-state index in [2.05, 4.69) is 20.1 Å². The highest BCUT2D eigenvalue weighted by Gasteiger charge is 2.24. The van der Waals surface area contributed by atoms with Crippen LogP contribution in [0.3, 0.4) is 0 Å². The molecular formula is C23H23F2N7O. The Labute approximate surface area is 187 Å². The molecule has 1 aromatic carbocycles. The van der Waals surface area contributed by atoms with E-state index in [9.17, 15) is 13.6 Å². The zero-order valence-electron chi connectivity index (χ0n) is 18.5. The lowest BCUT2D eigenvalue weighted by molar-refractivity contribution is 0.0174. The highest BCUT2D eigenvalue weighted by atomic mass is 19.3. The second kappa shape index (κ2) is 7.65. The van der Waals surface area contributed by atoms with Crippen LogP contribution in [0.25, 0.3) is 28.3 Å². The number of alkyl halides is 2. The van der Waals surface area contributed by atoms with E-state index in [1.165, 1.54) is 12.1 Å². The maximum atomic E-state index is 13.7. The second-order valence-corrected chi connectivity index (χ2v) is 8.29. The number of hydrogen-bond acceptors (Lipinski definition) is 4. The molecule has 0 bridgehead atoms. The second-order valence-electron chi connectivity index (χ2n) is 8.29. The van der Waals surface area contributed by atoms with E-state index in [-0.39, 0.29) is 11.1 Å². The smallest absolute Gasteiger partial charge is 0.280 e. The summed E-state index contributed by atoms with van der Waals surface area (Å²) in [6.07, 6.45) is 5.93. The van der Waals surface area contributed by atoms with Crippen LogP contribution in [-0.2, 0) is 19.0 Å². The van der Waals surface area contributed by atoms with Crippen molar-refractivity contribution in [3.63, 3.8) is 0 Å². The van der Waals surface area contributed by atoms with Crippen LogP contribution in [0.2, 0.25) is 0 Å². The third kappa shape index (κ3) is 3.61. The van der Waals surface area contributed by atoms with Gasteiger partial charge in [0.15, 0.2) is 11.2 Å². The Kier molecular flexibility index (Phi) is 4.88. The van der Waals surface area contributed by atoms with Gasteiger partial charge >= 0.3 is 0 Å². The molecule has 10 heteroatoms. The number of imidazole rings is 2. The van der Waals surface area contributed by atoms with Crippen LogP contribution in [0, 0.1) is 6.92 Å². The van der Waals surface area contributed by atoms with E-state index in [1.54, 1.807) is 40.0 Å². The molecule has 170 valence electrons. The topological polar surface area (TPSA) is 85.8 Å². The molecule has 8 nitrogen and oxygen atoms in total. The number of nitrogens with zero attached hydrogens (tertiary/aromatic N) is 6. The predicted octanol–water partition coefficient (Wildman–Crippen LogP) is 4.11. The lowest BCUT2D eigenvalue weighted by Crippen LogP contribution is -2.23. The van der Waals surface area contributed by atoms with Crippen molar-refractivity contribution in [2.75, 3.05) is 0 Å². The molecule has 0 atom stereocenters. The molecule has 4 heterocycles. The van der Waals surface area contributed by atoms with Gasteiger partial charge in [0.1, 0.15) is 5.82 Å². The van der Waals surface area contributed by atoms with Crippen molar-refractivity contribution in [3.05, 3.63) is 70.0 Å². The molecule has 0 fully saturated rings. The van der Waals surface area contributed by atoms with E-state index in [1.807, 2.05) is 18.2 Å². The maximum Gasteiger partial charge on any atom is 0.280 e. The molecule has 5 rings (SSSR count). The van der Waals surface area contributed by atoms with Gasteiger partial charge in [-0.25, -0.2) is 18.7 Å². The highest BCUT2D eigenvalue weighted by molar-refractivity contribution is 5.77. The molecule has 5 aromatic rings. The quantitative estimate of drug-likeness (QED) is 0.421. The van der Waals surface area contributed by atoms with Crippen LogP contribution in [0.5, 0.6) is 0 Å². The summed E-state index contributed by atoms with van der Waals surface area (Å²) in [6, 6.07) is 6.30. The Morgan fingerprint density at radius 2 is 2.03 bits per heavy atom. The molecule has 1 N–H and O–H groups in total. The first kappa shape index (κ1) is 21.0. The zero-order valence-corrected chi connectivity index (χ0v) is 18.5. The fourth-order valence-corrected chi connectivity index (χ4v) is 4.04. The summed E-state index contributed by atoms with van der Waals surface area (Å²) in [5.41, 5.74) is 2.99. The first-order chi connectivity index (χ1) is 15.8. The molecule has 0 spiro atoms. The van der Waals surface area contributed by atoms with Gasteiger partial charge in [-0.1, -0.05) is 25.1 Å². The Morgan fingerprint density at radius 3 is 2.79 bits per heavy atom. The van der Waals surface area contributed by atoms with Crippen molar-refractivity contribution in [1.82, 2.24) is 33.7 Å². The molecule has 0 aliphatic rings. The van der Waals surface area contributed by atoms with Gasteiger partial charge in [-0.15, -0.1) is 0 Å². The Balaban J connectivity index is 1.54. The fourth-order valence-electron chi connectivity index (χ4n) is 4.04. The summed E-state index contributed by atoms with van der Waals surface area (Å²) in [7, 11) is 0. The number of fused-ring (bicyclic) bond motifs is 3. The number of hydrogen-bond donors (Lipinski definition) is 1. The largest absolute Gasteiger partial charge is 0.332 e. The first-order valence-electron chi connectivity index (χ1n) is 10.7.